The van der Waals surface area contributed by atoms with Crippen molar-refractivity contribution in [1.29, 1.82) is 0 Å². The lowest BCUT2D eigenvalue weighted by Crippen LogP contribution is -2.38. The second-order valence-electron chi connectivity index (χ2n) is 3.68. The first kappa shape index (κ1) is 9.27. The lowest BCUT2D eigenvalue weighted by Gasteiger charge is -2.31. The van der Waals surface area contributed by atoms with Crippen molar-refractivity contribution in [3.63, 3.8) is 0 Å². The molecule has 1 fully saturated rings. The Bertz CT molecular complexity index is 299. The van der Waals surface area contributed by atoms with Crippen LogP contribution < -0.4 is 10.6 Å². The molecule has 0 amide bonds. The van der Waals surface area contributed by atoms with E-state index in [1.165, 1.54) is 0 Å². The largest absolute Gasteiger partial charge is 0.391 e. The molecule has 0 aliphatic carbocycles. The minimum atomic E-state index is -0.207. The maximum absolute atomic E-state index is 9.51. The van der Waals surface area contributed by atoms with E-state index >= 15 is 0 Å². The second-order valence-corrected chi connectivity index (χ2v) is 3.68. The summed E-state index contributed by atoms with van der Waals surface area (Å²) in [6, 6.07) is 3.73. The molecule has 4 heteroatoms. The number of β-amino-alcohol motifs (C(OH)–C–C–N with tert-alkyl or cyclic N) is 1. The summed E-state index contributed by atoms with van der Waals surface area (Å²) in [7, 11) is 0. The molecular formula is C10H15N3O. The zero-order valence-electron chi connectivity index (χ0n) is 8.06. The van der Waals surface area contributed by atoms with Crippen LogP contribution in [0.1, 0.15) is 12.8 Å². The van der Waals surface area contributed by atoms with Crippen molar-refractivity contribution in [3.05, 3.63) is 18.3 Å². The van der Waals surface area contributed by atoms with Crippen LogP contribution in [0, 0.1) is 0 Å². The van der Waals surface area contributed by atoms with Crippen LogP contribution in [-0.4, -0.2) is 29.3 Å². The highest BCUT2D eigenvalue weighted by atomic mass is 16.3. The number of nitrogens with two attached hydrogens (primary N) is 1. The van der Waals surface area contributed by atoms with Gasteiger partial charge in [-0.2, -0.15) is 0 Å². The molecule has 4 nitrogen and oxygen atoms in total. The van der Waals surface area contributed by atoms with Gasteiger partial charge in [0.25, 0.3) is 0 Å². The summed E-state index contributed by atoms with van der Waals surface area (Å²) in [5.41, 5.74) is 6.54. The molecule has 0 bridgehead atoms. The molecule has 1 atom stereocenters. The Morgan fingerprint density at radius 2 is 2.36 bits per heavy atom. The van der Waals surface area contributed by atoms with Gasteiger partial charge < -0.3 is 15.7 Å². The molecule has 0 radical (unpaired) electrons. The zero-order chi connectivity index (χ0) is 9.97. The number of hydrogen-bond donors (Lipinski definition) is 2. The predicted octanol–water partition coefficient (Wildman–Crippen LogP) is 0.625. The van der Waals surface area contributed by atoms with Gasteiger partial charge in [-0.1, -0.05) is 0 Å². The average molecular weight is 193 g/mol. The van der Waals surface area contributed by atoms with Gasteiger partial charge in [0.2, 0.25) is 0 Å². The van der Waals surface area contributed by atoms with Crippen molar-refractivity contribution in [1.82, 2.24) is 4.98 Å². The van der Waals surface area contributed by atoms with Crippen molar-refractivity contribution in [2.75, 3.05) is 23.7 Å². The van der Waals surface area contributed by atoms with Gasteiger partial charge in [-0.05, 0) is 25.0 Å². The number of piperidine rings is 1. The number of rotatable bonds is 1. The van der Waals surface area contributed by atoms with Gasteiger partial charge in [0.15, 0.2) is 0 Å². The fourth-order valence-electron chi connectivity index (χ4n) is 1.77. The number of pyridine rings is 1. The summed E-state index contributed by atoms with van der Waals surface area (Å²) in [5.74, 6) is 0.534. The van der Waals surface area contributed by atoms with E-state index in [0.717, 1.165) is 25.1 Å². The standard InChI is InChI=1S/C10H15N3O/c11-10-4-3-8(6-12-10)13-5-1-2-9(14)7-13/h3-4,6,9,14H,1-2,5,7H2,(H2,11,12)/t9-/m0/s1. The van der Waals surface area contributed by atoms with Crippen LogP contribution in [-0.2, 0) is 0 Å². The Morgan fingerprint density at radius 1 is 1.50 bits per heavy atom. The summed E-state index contributed by atoms with van der Waals surface area (Å²) in [5, 5.41) is 9.51. The lowest BCUT2D eigenvalue weighted by atomic mass is 10.1. The molecular weight excluding hydrogens is 178 g/mol. The molecule has 2 heterocycles. The van der Waals surface area contributed by atoms with Crippen molar-refractivity contribution >= 4 is 11.5 Å². The van der Waals surface area contributed by atoms with Crippen LogP contribution in [0.15, 0.2) is 18.3 Å². The van der Waals surface area contributed by atoms with Crippen LogP contribution in [0.2, 0.25) is 0 Å². The van der Waals surface area contributed by atoms with E-state index in [2.05, 4.69) is 9.88 Å². The highest BCUT2D eigenvalue weighted by Crippen LogP contribution is 2.19. The molecule has 3 N–H and O–H groups in total. The molecule has 1 aliphatic rings. The number of nitrogen functional groups attached to an aromatic ring is 1. The number of aliphatic hydroxyl groups is 1. The molecule has 14 heavy (non-hydrogen) atoms. The molecule has 1 aliphatic heterocycles. The van der Waals surface area contributed by atoms with E-state index in [-0.39, 0.29) is 6.10 Å². The molecule has 1 saturated heterocycles. The van der Waals surface area contributed by atoms with Crippen LogP contribution in [0.3, 0.4) is 0 Å². The molecule has 0 aromatic carbocycles. The summed E-state index contributed by atoms with van der Waals surface area (Å²) >= 11 is 0. The van der Waals surface area contributed by atoms with Gasteiger partial charge in [-0.3, -0.25) is 0 Å². The molecule has 1 aromatic heterocycles. The van der Waals surface area contributed by atoms with Crippen molar-refractivity contribution in [3.8, 4) is 0 Å². The third-order valence-corrected chi connectivity index (χ3v) is 2.53. The molecule has 0 spiro atoms. The van der Waals surface area contributed by atoms with Gasteiger partial charge in [0.05, 0.1) is 18.0 Å². The minimum Gasteiger partial charge on any atom is -0.391 e. The highest BCUT2D eigenvalue weighted by Gasteiger charge is 2.17. The molecule has 0 saturated carbocycles. The SMILES string of the molecule is Nc1ccc(N2CCC[C@H](O)C2)cn1. The van der Waals surface area contributed by atoms with Crippen molar-refractivity contribution < 1.29 is 5.11 Å². The van der Waals surface area contributed by atoms with E-state index < -0.39 is 0 Å². The Balaban J connectivity index is 2.10. The number of aromatic nitrogens is 1. The second kappa shape index (κ2) is 3.84. The number of anilines is 2. The first-order chi connectivity index (χ1) is 6.75. The van der Waals surface area contributed by atoms with Crippen LogP contribution in [0.25, 0.3) is 0 Å². The topological polar surface area (TPSA) is 62.4 Å². The average Bonchev–Trinajstić information content (AvgIpc) is 2.19. The smallest absolute Gasteiger partial charge is 0.123 e. The first-order valence-corrected chi connectivity index (χ1v) is 4.90. The number of nitrogens with zero attached hydrogens (tertiary/aromatic N) is 2. The summed E-state index contributed by atoms with van der Waals surface area (Å²) in [4.78, 5) is 6.17. The van der Waals surface area contributed by atoms with E-state index in [1.807, 2.05) is 6.07 Å². The fraction of sp³-hybridized carbons (Fsp3) is 0.500. The maximum atomic E-state index is 9.51. The Kier molecular flexibility index (Phi) is 2.54. The third-order valence-electron chi connectivity index (χ3n) is 2.53. The van der Waals surface area contributed by atoms with E-state index in [4.69, 9.17) is 5.73 Å². The molecule has 2 rings (SSSR count). The monoisotopic (exact) mass is 193 g/mol. The summed E-state index contributed by atoms with van der Waals surface area (Å²) in [6.07, 6.45) is 3.49. The van der Waals surface area contributed by atoms with E-state index in [1.54, 1.807) is 12.3 Å². The van der Waals surface area contributed by atoms with Crippen molar-refractivity contribution in [2.24, 2.45) is 0 Å². The Morgan fingerprint density at radius 3 is 3.00 bits per heavy atom. The number of hydrogen-bond acceptors (Lipinski definition) is 4. The summed E-state index contributed by atoms with van der Waals surface area (Å²) < 4.78 is 0. The van der Waals surface area contributed by atoms with Gasteiger partial charge in [-0.15, -0.1) is 0 Å². The Hall–Kier alpha value is -1.29. The molecule has 76 valence electrons. The van der Waals surface area contributed by atoms with Crippen molar-refractivity contribution in [2.45, 2.75) is 18.9 Å². The van der Waals surface area contributed by atoms with Crippen LogP contribution in [0.5, 0.6) is 0 Å². The minimum absolute atomic E-state index is 0.207. The van der Waals surface area contributed by atoms with Gasteiger partial charge in [0.1, 0.15) is 5.82 Å². The van der Waals surface area contributed by atoms with Gasteiger partial charge in [0, 0.05) is 13.1 Å². The maximum Gasteiger partial charge on any atom is 0.123 e. The first-order valence-electron chi connectivity index (χ1n) is 4.90. The zero-order valence-corrected chi connectivity index (χ0v) is 8.06. The summed E-state index contributed by atoms with van der Waals surface area (Å²) in [6.45, 7) is 1.69. The molecule has 0 unspecified atom stereocenters. The van der Waals surface area contributed by atoms with E-state index in [0.29, 0.717) is 12.4 Å². The van der Waals surface area contributed by atoms with E-state index in [9.17, 15) is 5.11 Å². The van der Waals surface area contributed by atoms with Gasteiger partial charge in [-0.25, -0.2) is 4.98 Å². The fourth-order valence-corrected chi connectivity index (χ4v) is 1.77. The Labute approximate surface area is 83.4 Å². The predicted molar refractivity (Wildman–Crippen MR) is 56.1 cm³/mol. The highest BCUT2D eigenvalue weighted by molar-refractivity contribution is 5.48. The normalized spacial score (nSPS) is 22.4. The number of aliphatic hydroxyl groups excluding tert-OH is 1. The quantitative estimate of drug-likeness (QED) is 0.686. The third kappa shape index (κ3) is 1.96. The van der Waals surface area contributed by atoms with Crippen LogP contribution >= 0.6 is 0 Å². The lowest BCUT2D eigenvalue weighted by molar-refractivity contribution is 0.154. The molecule has 1 aromatic rings. The van der Waals surface area contributed by atoms with Gasteiger partial charge >= 0.3 is 0 Å². The van der Waals surface area contributed by atoms with Crippen LogP contribution in [0.4, 0.5) is 11.5 Å².